The first-order valence-corrected chi connectivity index (χ1v) is 9.67. The molecule has 0 aliphatic rings. The smallest absolute Gasteiger partial charge is 0.254 e. The van der Waals surface area contributed by atoms with Gasteiger partial charge in [0, 0.05) is 18.7 Å². The van der Waals surface area contributed by atoms with Gasteiger partial charge in [-0.15, -0.1) is 0 Å². The zero-order chi connectivity index (χ0) is 18.6. The summed E-state index contributed by atoms with van der Waals surface area (Å²) in [5.41, 5.74) is 0.420. The Labute approximate surface area is 148 Å². The second kappa shape index (κ2) is 7.84. The maximum Gasteiger partial charge on any atom is 0.254 e. The van der Waals surface area contributed by atoms with Gasteiger partial charge in [0.2, 0.25) is 10.0 Å². The fourth-order valence-electron chi connectivity index (χ4n) is 2.29. The Morgan fingerprint density at radius 3 is 2.36 bits per heavy atom. The molecule has 0 aliphatic carbocycles. The molecule has 2 unspecified atom stereocenters. The van der Waals surface area contributed by atoms with Crippen LogP contribution in [0.4, 0.5) is 0 Å². The first-order chi connectivity index (χ1) is 11.8. The number of benzene rings is 1. The highest BCUT2D eigenvalue weighted by atomic mass is 32.2. The first-order valence-electron chi connectivity index (χ1n) is 8.19. The van der Waals surface area contributed by atoms with E-state index in [0.717, 1.165) is 0 Å². The van der Waals surface area contributed by atoms with Crippen LogP contribution in [0, 0.1) is 0 Å². The molecule has 0 saturated carbocycles. The molecule has 2 aromatic rings. The third-order valence-electron chi connectivity index (χ3n) is 4.24. The lowest BCUT2D eigenvalue weighted by Crippen LogP contribution is -2.32. The van der Waals surface area contributed by atoms with Crippen molar-refractivity contribution in [2.45, 2.75) is 44.2 Å². The maximum absolute atomic E-state index is 12.6. The van der Waals surface area contributed by atoms with Crippen LogP contribution >= 0.6 is 0 Å². The van der Waals surface area contributed by atoms with Crippen molar-refractivity contribution in [1.29, 1.82) is 0 Å². The number of hydrogen-bond donors (Lipinski definition) is 1. The molecule has 1 aromatic heterocycles. The Bertz CT molecular complexity index is 798. The predicted octanol–water partition coefficient (Wildman–Crippen LogP) is 3.19. The lowest BCUT2D eigenvalue weighted by Gasteiger charge is -2.23. The monoisotopic (exact) mass is 364 g/mol. The summed E-state index contributed by atoms with van der Waals surface area (Å²) in [5, 5.41) is 0. The molecule has 1 N–H and O–H groups in total. The molecule has 7 heteroatoms. The predicted molar refractivity (Wildman–Crippen MR) is 95.7 cm³/mol. The Morgan fingerprint density at radius 2 is 1.84 bits per heavy atom. The lowest BCUT2D eigenvalue weighted by molar-refractivity contribution is 0.0726. The standard InChI is InChI=1S/C18H24N2O4S/c1-5-13(2)19-25(22,23)16-10-8-15(9-11-16)18(21)20(4)14(3)17-7-6-12-24-17/h6-14,19H,5H2,1-4H3. The molecule has 0 aliphatic heterocycles. The quantitative estimate of drug-likeness (QED) is 0.818. The van der Waals surface area contributed by atoms with Gasteiger partial charge in [0.25, 0.3) is 5.91 Å². The minimum Gasteiger partial charge on any atom is -0.467 e. The second-order valence-corrected chi connectivity index (χ2v) is 7.78. The normalized spacial score (nSPS) is 14.1. The van der Waals surface area contributed by atoms with Gasteiger partial charge < -0.3 is 9.32 Å². The molecule has 0 bridgehead atoms. The van der Waals surface area contributed by atoms with Crippen molar-refractivity contribution >= 4 is 15.9 Å². The Kier molecular flexibility index (Phi) is 6.02. The fourth-order valence-corrected chi connectivity index (χ4v) is 3.62. The molecular weight excluding hydrogens is 340 g/mol. The number of rotatable bonds is 7. The van der Waals surface area contributed by atoms with Gasteiger partial charge in [-0.05, 0) is 56.7 Å². The van der Waals surface area contributed by atoms with E-state index >= 15 is 0 Å². The van der Waals surface area contributed by atoms with Gasteiger partial charge in [0.05, 0.1) is 17.2 Å². The summed E-state index contributed by atoms with van der Waals surface area (Å²) in [4.78, 5) is 14.3. The van der Waals surface area contributed by atoms with Crippen molar-refractivity contribution < 1.29 is 17.6 Å². The highest BCUT2D eigenvalue weighted by Gasteiger charge is 2.22. The van der Waals surface area contributed by atoms with Crippen LogP contribution in [-0.4, -0.2) is 32.3 Å². The number of nitrogens with one attached hydrogen (secondary N) is 1. The first kappa shape index (κ1) is 19.2. The molecule has 2 rings (SSSR count). The van der Waals surface area contributed by atoms with E-state index < -0.39 is 10.0 Å². The second-order valence-electron chi connectivity index (χ2n) is 6.06. The van der Waals surface area contributed by atoms with Crippen molar-refractivity contribution in [1.82, 2.24) is 9.62 Å². The van der Waals surface area contributed by atoms with Gasteiger partial charge in [-0.2, -0.15) is 0 Å². The molecule has 1 amide bonds. The summed E-state index contributed by atoms with van der Waals surface area (Å²) >= 11 is 0. The summed E-state index contributed by atoms with van der Waals surface area (Å²) in [7, 11) is -1.89. The number of carbonyl (C=O) groups is 1. The lowest BCUT2D eigenvalue weighted by atomic mass is 10.1. The highest BCUT2D eigenvalue weighted by Crippen LogP contribution is 2.21. The zero-order valence-electron chi connectivity index (χ0n) is 14.9. The van der Waals surface area contributed by atoms with Gasteiger partial charge in [0.15, 0.2) is 0 Å². The van der Waals surface area contributed by atoms with Crippen LogP contribution in [0.5, 0.6) is 0 Å². The molecular formula is C18H24N2O4S. The molecule has 136 valence electrons. The summed E-state index contributed by atoms with van der Waals surface area (Å²) < 4.78 is 32.4. The summed E-state index contributed by atoms with van der Waals surface area (Å²) in [6.45, 7) is 5.58. The molecule has 0 spiro atoms. The van der Waals surface area contributed by atoms with Crippen molar-refractivity contribution in [3.63, 3.8) is 0 Å². The Balaban J connectivity index is 2.15. The third kappa shape index (κ3) is 4.49. The molecule has 1 heterocycles. The van der Waals surface area contributed by atoms with Crippen molar-refractivity contribution in [2.75, 3.05) is 7.05 Å². The van der Waals surface area contributed by atoms with Crippen LogP contribution in [0.25, 0.3) is 0 Å². The van der Waals surface area contributed by atoms with Crippen LogP contribution in [0.3, 0.4) is 0 Å². The van der Waals surface area contributed by atoms with Gasteiger partial charge in [-0.25, -0.2) is 13.1 Å². The van der Waals surface area contributed by atoms with Crippen LogP contribution in [0.1, 0.15) is 49.4 Å². The largest absolute Gasteiger partial charge is 0.467 e. The molecule has 0 fully saturated rings. The maximum atomic E-state index is 12.6. The van der Waals surface area contributed by atoms with E-state index in [1.165, 1.54) is 24.3 Å². The molecule has 1 aromatic carbocycles. The van der Waals surface area contributed by atoms with E-state index in [1.807, 2.05) is 19.9 Å². The van der Waals surface area contributed by atoms with E-state index in [-0.39, 0.29) is 22.9 Å². The topological polar surface area (TPSA) is 79.6 Å². The molecule has 25 heavy (non-hydrogen) atoms. The number of amides is 1. The third-order valence-corrected chi connectivity index (χ3v) is 5.84. The number of carbonyl (C=O) groups excluding carboxylic acids is 1. The van der Waals surface area contributed by atoms with Gasteiger partial charge in [-0.1, -0.05) is 6.92 Å². The van der Waals surface area contributed by atoms with Crippen LogP contribution in [0.2, 0.25) is 0 Å². The van der Waals surface area contributed by atoms with Gasteiger partial charge in [0.1, 0.15) is 5.76 Å². The SMILES string of the molecule is CCC(C)NS(=O)(=O)c1ccc(C(=O)N(C)C(C)c2ccco2)cc1. The van der Waals surface area contributed by atoms with Crippen molar-refractivity contribution in [3.05, 3.63) is 54.0 Å². The summed E-state index contributed by atoms with van der Waals surface area (Å²) in [6, 6.07) is 9.16. The van der Waals surface area contributed by atoms with E-state index in [2.05, 4.69) is 4.72 Å². The van der Waals surface area contributed by atoms with Crippen molar-refractivity contribution in [3.8, 4) is 0 Å². The minimum absolute atomic E-state index is 0.145. The van der Waals surface area contributed by atoms with Crippen LogP contribution < -0.4 is 4.72 Å². The van der Waals surface area contributed by atoms with Gasteiger partial charge in [-0.3, -0.25) is 4.79 Å². The van der Waals surface area contributed by atoms with E-state index in [1.54, 1.807) is 31.2 Å². The van der Waals surface area contributed by atoms with Crippen LogP contribution in [0.15, 0.2) is 52.0 Å². The number of sulfonamides is 1. The average Bonchev–Trinajstić information content (AvgIpc) is 3.14. The zero-order valence-corrected chi connectivity index (χ0v) is 15.7. The highest BCUT2D eigenvalue weighted by molar-refractivity contribution is 7.89. The minimum atomic E-state index is -3.58. The number of furan rings is 1. The number of hydrogen-bond acceptors (Lipinski definition) is 4. The van der Waals surface area contributed by atoms with Crippen LogP contribution in [-0.2, 0) is 10.0 Å². The summed E-state index contributed by atoms with van der Waals surface area (Å²) in [5.74, 6) is 0.482. The van der Waals surface area contributed by atoms with Crippen molar-refractivity contribution in [2.24, 2.45) is 0 Å². The Morgan fingerprint density at radius 1 is 1.20 bits per heavy atom. The summed E-state index contributed by atoms with van der Waals surface area (Å²) in [6.07, 6.45) is 2.26. The fraction of sp³-hybridized carbons (Fsp3) is 0.389. The molecule has 6 nitrogen and oxygen atoms in total. The molecule has 0 saturated heterocycles. The molecule has 0 radical (unpaired) electrons. The Hall–Kier alpha value is -2.12. The van der Waals surface area contributed by atoms with E-state index in [9.17, 15) is 13.2 Å². The average molecular weight is 364 g/mol. The molecule has 2 atom stereocenters. The van der Waals surface area contributed by atoms with E-state index in [4.69, 9.17) is 4.42 Å². The number of nitrogens with zero attached hydrogens (tertiary/aromatic N) is 1. The van der Waals surface area contributed by atoms with E-state index in [0.29, 0.717) is 17.7 Å². The van der Waals surface area contributed by atoms with Gasteiger partial charge >= 0.3 is 0 Å².